The Morgan fingerprint density at radius 1 is 1.33 bits per heavy atom. The van der Waals surface area contributed by atoms with E-state index < -0.39 is 11.8 Å². The number of nitrogen functional groups attached to an aromatic ring is 1. The second-order valence-corrected chi connectivity index (χ2v) is 3.63. The Labute approximate surface area is 103 Å². The second kappa shape index (κ2) is 5.27. The average molecular weight is 246 g/mol. The summed E-state index contributed by atoms with van der Waals surface area (Å²) in [6.07, 6.45) is 1.60. The molecule has 0 unspecified atom stereocenters. The van der Waals surface area contributed by atoms with E-state index in [4.69, 9.17) is 10.5 Å². The highest BCUT2D eigenvalue weighted by Gasteiger charge is 2.10. The summed E-state index contributed by atoms with van der Waals surface area (Å²) in [5.74, 6) is -1.25. The lowest BCUT2D eigenvalue weighted by molar-refractivity contribution is 0.0467. The number of aromatic nitrogens is 1. The molecule has 1 aromatic carbocycles. The Hall–Kier alpha value is -2.43. The summed E-state index contributed by atoms with van der Waals surface area (Å²) in [7, 11) is 0. The molecule has 1 heterocycles. The maximum Gasteiger partial charge on any atom is 0.338 e. The Morgan fingerprint density at radius 3 is 2.83 bits per heavy atom. The van der Waals surface area contributed by atoms with Crippen molar-refractivity contribution >= 4 is 11.7 Å². The van der Waals surface area contributed by atoms with Crippen molar-refractivity contribution in [1.29, 1.82) is 0 Å². The first kappa shape index (κ1) is 12.0. The van der Waals surface area contributed by atoms with Crippen LogP contribution >= 0.6 is 0 Å². The summed E-state index contributed by atoms with van der Waals surface area (Å²) < 4.78 is 18.2. The lowest BCUT2D eigenvalue weighted by atomic mass is 10.2. The van der Waals surface area contributed by atoms with Gasteiger partial charge in [-0.1, -0.05) is 6.07 Å². The molecule has 0 amide bonds. The van der Waals surface area contributed by atoms with E-state index in [9.17, 15) is 9.18 Å². The first-order valence-corrected chi connectivity index (χ1v) is 5.29. The second-order valence-electron chi connectivity index (χ2n) is 3.63. The smallest absolute Gasteiger partial charge is 0.338 e. The Bertz CT molecular complexity index is 558. The van der Waals surface area contributed by atoms with Crippen LogP contribution in [-0.4, -0.2) is 11.0 Å². The number of hydrogen-bond donors (Lipinski definition) is 1. The van der Waals surface area contributed by atoms with Gasteiger partial charge in [-0.2, -0.15) is 0 Å². The average Bonchev–Trinajstić information content (AvgIpc) is 2.40. The molecule has 0 aliphatic rings. The first-order valence-electron chi connectivity index (χ1n) is 5.29. The lowest BCUT2D eigenvalue weighted by Crippen LogP contribution is -2.07. The van der Waals surface area contributed by atoms with Crippen LogP contribution in [0.15, 0.2) is 42.6 Å². The highest BCUT2D eigenvalue weighted by atomic mass is 19.1. The molecule has 0 atom stereocenters. The van der Waals surface area contributed by atoms with Crippen LogP contribution in [0.25, 0.3) is 0 Å². The number of halogens is 1. The molecule has 0 saturated carbocycles. The van der Waals surface area contributed by atoms with E-state index in [1.807, 2.05) is 0 Å². The molecule has 0 aliphatic heterocycles. The minimum absolute atomic E-state index is 0.00345. The molecule has 2 aromatic rings. The molecule has 0 saturated heterocycles. The molecule has 0 fully saturated rings. The zero-order chi connectivity index (χ0) is 13.0. The van der Waals surface area contributed by atoms with Gasteiger partial charge in [-0.15, -0.1) is 0 Å². The zero-order valence-electron chi connectivity index (χ0n) is 9.47. The Morgan fingerprint density at radius 2 is 2.17 bits per heavy atom. The number of pyridine rings is 1. The number of esters is 1. The first-order chi connectivity index (χ1) is 8.66. The summed E-state index contributed by atoms with van der Waals surface area (Å²) >= 11 is 0. The van der Waals surface area contributed by atoms with Crippen LogP contribution in [0.2, 0.25) is 0 Å². The van der Waals surface area contributed by atoms with Gasteiger partial charge >= 0.3 is 5.97 Å². The van der Waals surface area contributed by atoms with Gasteiger partial charge in [0.05, 0.1) is 16.9 Å². The van der Waals surface area contributed by atoms with Crippen molar-refractivity contribution in [2.75, 3.05) is 5.73 Å². The summed E-state index contributed by atoms with van der Waals surface area (Å²) in [4.78, 5) is 15.6. The quantitative estimate of drug-likeness (QED) is 0.665. The maximum absolute atomic E-state index is 13.2. The Balaban J connectivity index is 2.02. The monoisotopic (exact) mass is 246 g/mol. The fourth-order valence-electron chi connectivity index (χ4n) is 1.36. The molecule has 1 aromatic heterocycles. The normalized spacial score (nSPS) is 10.1. The van der Waals surface area contributed by atoms with Gasteiger partial charge in [-0.05, 0) is 30.3 Å². The predicted octanol–water partition coefficient (Wildman–Crippen LogP) is 2.16. The summed E-state index contributed by atoms with van der Waals surface area (Å²) in [6, 6.07) is 9.08. The van der Waals surface area contributed by atoms with Crippen molar-refractivity contribution in [3.8, 4) is 0 Å². The van der Waals surface area contributed by atoms with Crippen LogP contribution in [0.5, 0.6) is 0 Å². The molecule has 0 bridgehead atoms. The molecule has 5 heteroatoms. The van der Waals surface area contributed by atoms with Crippen molar-refractivity contribution in [2.24, 2.45) is 0 Å². The van der Waals surface area contributed by atoms with Gasteiger partial charge in [-0.25, -0.2) is 9.18 Å². The molecule has 2 N–H and O–H groups in total. The number of carbonyl (C=O) groups is 1. The molecule has 92 valence electrons. The zero-order valence-corrected chi connectivity index (χ0v) is 9.47. The van der Waals surface area contributed by atoms with Crippen LogP contribution in [0.1, 0.15) is 16.1 Å². The van der Waals surface area contributed by atoms with Crippen molar-refractivity contribution in [3.05, 3.63) is 59.7 Å². The molecular weight excluding hydrogens is 235 g/mol. The van der Waals surface area contributed by atoms with Crippen molar-refractivity contribution < 1.29 is 13.9 Å². The molecule has 2 rings (SSSR count). The predicted molar refractivity (Wildman–Crippen MR) is 64.2 cm³/mol. The van der Waals surface area contributed by atoms with Gasteiger partial charge in [0, 0.05) is 6.20 Å². The van der Waals surface area contributed by atoms with E-state index in [1.54, 1.807) is 24.4 Å². The van der Waals surface area contributed by atoms with Crippen LogP contribution in [0, 0.1) is 5.82 Å². The molecule has 0 aliphatic carbocycles. The summed E-state index contributed by atoms with van der Waals surface area (Å²) in [5, 5.41) is 0. The number of hydrogen-bond acceptors (Lipinski definition) is 4. The number of anilines is 1. The third-order valence-corrected chi connectivity index (χ3v) is 2.31. The number of nitrogens with two attached hydrogens (primary N) is 1. The van der Waals surface area contributed by atoms with Gasteiger partial charge in [-0.3, -0.25) is 4.98 Å². The van der Waals surface area contributed by atoms with Gasteiger partial charge in [0.1, 0.15) is 12.4 Å². The highest BCUT2D eigenvalue weighted by Crippen LogP contribution is 2.13. The van der Waals surface area contributed by atoms with E-state index in [-0.39, 0.29) is 17.9 Å². The number of carbonyl (C=O) groups excluding carboxylic acids is 1. The number of ether oxygens (including phenoxy) is 1. The Kier molecular flexibility index (Phi) is 3.52. The third-order valence-electron chi connectivity index (χ3n) is 2.31. The molecule has 4 nitrogen and oxygen atoms in total. The van der Waals surface area contributed by atoms with Crippen LogP contribution in [-0.2, 0) is 11.3 Å². The molecule has 18 heavy (non-hydrogen) atoms. The van der Waals surface area contributed by atoms with Crippen molar-refractivity contribution in [3.63, 3.8) is 0 Å². The van der Waals surface area contributed by atoms with Gasteiger partial charge in [0.25, 0.3) is 0 Å². The van der Waals surface area contributed by atoms with Crippen LogP contribution in [0.4, 0.5) is 10.1 Å². The van der Waals surface area contributed by atoms with E-state index >= 15 is 0 Å². The van der Waals surface area contributed by atoms with E-state index in [1.165, 1.54) is 12.1 Å². The lowest BCUT2D eigenvalue weighted by Gasteiger charge is -2.05. The van der Waals surface area contributed by atoms with Crippen LogP contribution < -0.4 is 5.73 Å². The van der Waals surface area contributed by atoms with E-state index in [2.05, 4.69) is 4.98 Å². The summed E-state index contributed by atoms with van der Waals surface area (Å²) in [5.41, 5.74) is 6.06. The fraction of sp³-hybridized carbons (Fsp3) is 0.0769. The third kappa shape index (κ3) is 2.82. The topological polar surface area (TPSA) is 65.2 Å². The number of rotatable bonds is 3. The van der Waals surface area contributed by atoms with Crippen molar-refractivity contribution in [1.82, 2.24) is 4.98 Å². The van der Waals surface area contributed by atoms with Gasteiger partial charge in [0.15, 0.2) is 0 Å². The fourth-order valence-corrected chi connectivity index (χ4v) is 1.36. The number of benzene rings is 1. The molecule has 0 spiro atoms. The highest BCUT2D eigenvalue weighted by molar-refractivity contribution is 5.89. The minimum atomic E-state index is -0.637. The largest absolute Gasteiger partial charge is 0.456 e. The standard InChI is InChI=1S/C13H11FN2O2/c14-11-7-9(4-5-12(11)15)13(17)18-8-10-3-1-2-6-16-10/h1-7H,8,15H2. The summed E-state index contributed by atoms with van der Waals surface area (Å²) in [6.45, 7) is 0.0473. The molecular formula is C13H11FN2O2. The maximum atomic E-state index is 13.2. The van der Waals surface area contributed by atoms with Gasteiger partial charge in [0.2, 0.25) is 0 Å². The van der Waals surface area contributed by atoms with E-state index in [0.717, 1.165) is 6.07 Å². The van der Waals surface area contributed by atoms with Crippen molar-refractivity contribution in [2.45, 2.75) is 6.61 Å². The minimum Gasteiger partial charge on any atom is -0.456 e. The number of nitrogens with zero attached hydrogens (tertiary/aromatic N) is 1. The SMILES string of the molecule is Nc1ccc(C(=O)OCc2ccccn2)cc1F. The molecule has 0 radical (unpaired) electrons. The van der Waals surface area contributed by atoms with E-state index in [0.29, 0.717) is 5.69 Å². The van der Waals surface area contributed by atoms with Gasteiger partial charge < -0.3 is 10.5 Å². The van der Waals surface area contributed by atoms with Crippen LogP contribution in [0.3, 0.4) is 0 Å².